The molecule has 1 aromatic heterocycles. The highest BCUT2D eigenvalue weighted by atomic mass is 16.5. The van der Waals surface area contributed by atoms with Crippen molar-refractivity contribution < 1.29 is 13.9 Å². The first-order valence-corrected chi connectivity index (χ1v) is 6.76. The summed E-state index contributed by atoms with van der Waals surface area (Å²) in [4.78, 5) is 11.5. The van der Waals surface area contributed by atoms with Gasteiger partial charge in [-0.15, -0.1) is 0 Å². The number of hydrogen-bond acceptors (Lipinski definition) is 4. The Morgan fingerprint density at radius 1 is 1.15 bits per heavy atom. The fourth-order valence-electron chi connectivity index (χ4n) is 2.36. The largest absolute Gasteiger partial charge is 0.496 e. The van der Waals surface area contributed by atoms with E-state index >= 15 is 0 Å². The van der Waals surface area contributed by atoms with Crippen LogP contribution in [-0.2, 0) is 11.2 Å². The van der Waals surface area contributed by atoms with E-state index in [2.05, 4.69) is 0 Å². The molecular weight excluding hydrogens is 256 g/mol. The van der Waals surface area contributed by atoms with Gasteiger partial charge in [-0.2, -0.15) is 0 Å². The van der Waals surface area contributed by atoms with E-state index in [0.717, 1.165) is 10.9 Å². The number of methoxy groups -OCH3 is 1. The third kappa shape index (κ3) is 3.20. The maximum Gasteiger partial charge on any atom is 0.336 e. The van der Waals surface area contributed by atoms with Gasteiger partial charge >= 0.3 is 5.63 Å². The first kappa shape index (κ1) is 14.6. The number of fused-ring (bicyclic) bond motifs is 1. The standard InChI is InChI=1S/C16H20O4/c1-10(2)19-11(3)9-13-14(18-4)7-5-12-6-8-15(17)20-16(12)13/h5-8,10-11H,9H2,1-4H3/t11-/m1/s1. The Morgan fingerprint density at radius 2 is 1.85 bits per heavy atom. The zero-order valence-corrected chi connectivity index (χ0v) is 12.3. The Labute approximate surface area is 118 Å². The molecule has 0 spiro atoms. The fourth-order valence-corrected chi connectivity index (χ4v) is 2.36. The molecule has 1 heterocycles. The van der Waals surface area contributed by atoms with Gasteiger partial charge in [-0.25, -0.2) is 4.79 Å². The smallest absolute Gasteiger partial charge is 0.336 e. The van der Waals surface area contributed by atoms with Crippen LogP contribution < -0.4 is 10.4 Å². The minimum absolute atomic E-state index is 0.0139. The molecule has 4 nitrogen and oxygen atoms in total. The summed E-state index contributed by atoms with van der Waals surface area (Å²) < 4.78 is 16.5. The minimum Gasteiger partial charge on any atom is -0.496 e. The number of hydrogen-bond donors (Lipinski definition) is 0. The molecule has 0 aliphatic heterocycles. The summed E-state index contributed by atoms with van der Waals surface area (Å²) in [7, 11) is 1.61. The predicted octanol–water partition coefficient (Wildman–Crippen LogP) is 3.16. The van der Waals surface area contributed by atoms with E-state index in [0.29, 0.717) is 17.8 Å². The third-order valence-electron chi connectivity index (χ3n) is 3.07. The molecule has 2 rings (SSSR count). The molecule has 1 atom stereocenters. The molecule has 0 fully saturated rings. The monoisotopic (exact) mass is 276 g/mol. The van der Waals surface area contributed by atoms with Crippen molar-refractivity contribution in [3.63, 3.8) is 0 Å². The lowest BCUT2D eigenvalue weighted by Crippen LogP contribution is -2.17. The molecule has 0 saturated heterocycles. The molecule has 108 valence electrons. The van der Waals surface area contributed by atoms with Gasteiger partial charge in [-0.3, -0.25) is 0 Å². The van der Waals surface area contributed by atoms with E-state index in [1.165, 1.54) is 6.07 Å². The lowest BCUT2D eigenvalue weighted by Gasteiger charge is -2.18. The summed E-state index contributed by atoms with van der Waals surface area (Å²) in [6.07, 6.45) is 0.795. The lowest BCUT2D eigenvalue weighted by molar-refractivity contribution is 0.0192. The van der Waals surface area contributed by atoms with Gasteiger partial charge in [-0.05, 0) is 39.0 Å². The van der Waals surface area contributed by atoms with Crippen molar-refractivity contribution in [2.24, 2.45) is 0 Å². The Morgan fingerprint density at radius 3 is 2.50 bits per heavy atom. The summed E-state index contributed by atoms with van der Waals surface area (Å²) in [6.45, 7) is 5.99. The van der Waals surface area contributed by atoms with Crippen LogP contribution >= 0.6 is 0 Å². The topological polar surface area (TPSA) is 48.7 Å². The van der Waals surface area contributed by atoms with Crippen molar-refractivity contribution in [2.45, 2.75) is 39.4 Å². The Kier molecular flexibility index (Phi) is 4.45. The van der Waals surface area contributed by atoms with E-state index in [-0.39, 0.29) is 17.8 Å². The van der Waals surface area contributed by atoms with E-state index in [1.807, 2.05) is 32.9 Å². The van der Waals surface area contributed by atoms with Crippen LogP contribution in [0.2, 0.25) is 0 Å². The van der Waals surface area contributed by atoms with Crippen LogP contribution in [0.1, 0.15) is 26.3 Å². The average molecular weight is 276 g/mol. The van der Waals surface area contributed by atoms with Gasteiger partial charge in [0.2, 0.25) is 0 Å². The summed E-state index contributed by atoms with van der Waals surface area (Å²) in [5, 5.41) is 0.886. The molecule has 2 aromatic rings. The highest BCUT2D eigenvalue weighted by Gasteiger charge is 2.15. The molecule has 0 aliphatic carbocycles. The van der Waals surface area contributed by atoms with E-state index in [1.54, 1.807) is 13.2 Å². The molecule has 1 aromatic carbocycles. The van der Waals surface area contributed by atoms with E-state index in [4.69, 9.17) is 13.9 Å². The number of rotatable bonds is 5. The summed E-state index contributed by atoms with van der Waals surface area (Å²) in [6, 6.07) is 6.96. The maximum absolute atomic E-state index is 11.5. The van der Waals surface area contributed by atoms with Crippen molar-refractivity contribution in [3.8, 4) is 5.75 Å². The van der Waals surface area contributed by atoms with Crippen LogP contribution in [0, 0.1) is 0 Å². The van der Waals surface area contributed by atoms with Crippen molar-refractivity contribution in [1.82, 2.24) is 0 Å². The van der Waals surface area contributed by atoms with Crippen molar-refractivity contribution in [3.05, 3.63) is 40.2 Å². The van der Waals surface area contributed by atoms with Crippen LogP contribution in [0.25, 0.3) is 11.0 Å². The molecule has 0 bridgehead atoms. The second kappa shape index (κ2) is 6.09. The zero-order valence-electron chi connectivity index (χ0n) is 12.3. The van der Waals surface area contributed by atoms with Crippen molar-refractivity contribution >= 4 is 11.0 Å². The quantitative estimate of drug-likeness (QED) is 0.787. The van der Waals surface area contributed by atoms with Crippen LogP contribution in [0.4, 0.5) is 0 Å². The zero-order chi connectivity index (χ0) is 14.7. The van der Waals surface area contributed by atoms with Gasteiger partial charge in [0.1, 0.15) is 11.3 Å². The van der Waals surface area contributed by atoms with Gasteiger partial charge < -0.3 is 13.9 Å². The predicted molar refractivity (Wildman–Crippen MR) is 78.4 cm³/mol. The van der Waals surface area contributed by atoms with Gasteiger partial charge in [0, 0.05) is 23.4 Å². The Hall–Kier alpha value is -1.81. The Bertz CT molecular complexity index is 642. The molecule has 0 unspecified atom stereocenters. The van der Waals surface area contributed by atoms with E-state index in [9.17, 15) is 4.79 Å². The summed E-state index contributed by atoms with van der Waals surface area (Å²) >= 11 is 0. The normalized spacial score (nSPS) is 12.8. The Balaban J connectivity index is 2.47. The van der Waals surface area contributed by atoms with Gasteiger partial charge in [0.05, 0.1) is 19.3 Å². The van der Waals surface area contributed by atoms with Crippen LogP contribution in [-0.4, -0.2) is 19.3 Å². The van der Waals surface area contributed by atoms with Gasteiger partial charge in [0.15, 0.2) is 0 Å². The molecule has 0 saturated carbocycles. The van der Waals surface area contributed by atoms with Gasteiger partial charge in [0.25, 0.3) is 0 Å². The first-order chi connectivity index (χ1) is 9.51. The molecular formula is C16H20O4. The molecule has 0 amide bonds. The first-order valence-electron chi connectivity index (χ1n) is 6.76. The molecule has 4 heteroatoms. The minimum atomic E-state index is -0.357. The number of benzene rings is 1. The molecule has 0 aliphatic rings. The molecule has 0 N–H and O–H groups in total. The van der Waals surface area contributed by atoms with Gasteiger partial charge in [-0.1, -0.05) is 0 Å². The lowest BCUT2D eigenvalue weighted by atomic mass is 10.0. The summed E-state index contributed by atoms with van der Waals surface area (Å²) in [5.41, 5.74) is 1.09. The third-order valence-corrected chi connectivity index (χ3v) is 3.07. The van der Waals surface area contributed by atoms with Crippen LogP contribution in [0.5, 0.6) is 5.75 Å². The highest BCUT2D eigenvalue weighted by Crippen LogP contribution is 2.28. The highest BCUT2D eigenvalue weighted by molar-refractivity contribution is 5.82. The SMILES string of the molecule is COc1ccc2ccc(=O)oc2c1C[C@@H](C)OC(C)C. The average Bonchev–Trinajstić information content (AvgIpc) is 2.38. The second-order valence-corrected chi connectivity index (χ2v) is 5.12. The summed E-state index contributed by atoms with van der Waals surface area (Å²) in [5.74, 6) is 0.714. The fraction of sp³-hybridized carbons (Fsp3) is 0.438. The number of ether oxygens (including phenoxy) is 2. The van der Waals surface area contributed by atoms with Crippen LogP contribution in [0.3, 0.4) is 0 Å². The molecule has 20 heavy (non-hydrogen) atoms. The van der Waals surface area contributed by atoms with Crippen molar-refractivity contribution in [2.75, 3.05) is 7.11 Å². The van der Waals surface area contributed by atoms with Crippen molar-refractivity contribution in [1.29, 1.82) is 0 Å². The maximum atomic E-state index is 11.5. The van der Waals surface area contributed by atoms with Crippen LogP contribution in [0.15, 0.2) is 33.5 Å². The molecule has 0 radical (unpaired) electrons. The van der Waals surface area contributed by atoms with E-state index < -0.39 is 0 Å². The second-order valence-electron chi connectivity index (χ2n) is 5.12.